The molecule has 0 radical (unpaired) electrons. The molecule has 0 heterocycles. The highest BCUT2D eigenvalue weighted by Crippen LogP contribution is 2.74. The van der Waals surface area contributed by atoms with Crippen molar-refractivity contribution in [1.29, 1.82) is 0 Å². The largest absolute Gasteiger partial charge is 0.119 e. The van der Waals surface area contributed by atoms with E-state index >= 15 is 0 Å². The first kappa shape index (κ1) is 4.16. The summed E-state index contributed by atoms with van der Waals surface area (Å²) < 4.78 is 0. The van der Waals surface area contributed by atoms with Gasteiger partial charge in [-0.2, -0.15) is 0 Å². The van der Waals surface area contributed by atoms with Crippen LogP contribution < -0.4 is 0 Å². The highest BCUT2D eigenvalue weighted by molar-refractivity contribution is 6.24. The number of hydrogen-bond acceptors (Lipinski definition) is 0. The lowest BCUT2D eigenvalue weighted by molar-refractivity contribution is 0.651. The van der Waals surface area contributed by atoms with Crippen LogP contribution in [-0.2, 0) is 0 Å². The van der Waals surface area contributed by atoms with E-state index in [1.54, 1.807) is 0 Å². The topological polar surface area (TPSA) is 0 Å². The van der Waals surface area contributed by atoms with Crippen LogP contribution in [0.4, 0.5) is 0 Å². The summed E-state index contributed by atoms with van der Waals surface area (Å²) in [6.07, 6.45) is 4.05. The molecule has 0 N–H and O–H groups in total. The van der Waals surface area contributed by atoms with Crippen LogP contribution in [0.1, 0.15) is 19.3 Å². The van der Waals surface area contributed by atoms with Crippen LogP contribution in [0.25, 0.3) is 0 Å². The molecule has 0 amide bonds. The Morgan fingerprint density at radius 2 is 1.38 bits per heavy atom. The van der Waals surface area contributed by atoms with Gasteiger partial charge in [0.25, 0.3) is 0 Å². The summed E-state index contributed by atoms with van der Waals surface area (Å²) in [5.41, 5.74) is 0. The summed E-state index contributed by atoms with van der Waals surface area (Å²) in [4.78, 5) is 0.319. The first-order valence-electron chi connectivity index (χ1n) is 3.47. The molecule has 0 aromatic rings. The van der Waals surface area contributed by atoms with Gasteiger partial charge in [-0.25, -0.2) is 0 Å². The van der Waals surface area contributed by atoms with Crippen molar-refractivity contribution in [2.24, 2.45) is 17.8 Å². The smallest absolute Gasteiger partial charge is 0.0455 e. The van der Waals surface area contributed by atoms with E-state index in [2.05, 4.69) is 0 Å². The van der Waals surface area contributed by atoms with Gasteiger partial charge in [0.15, 0.2) is 0 Å². The minimum atomic E-state index is 0.319. The first-order chi connectivity index (χ1) is 3.79. The van der Waals surface area contributed by atoms with Crippen molar-refractivity contribution in [3.8, 4) is 0 Å². The SMILES string of the molecule is ClC12CC3C(C1)C3C2. The van der Waals surface area contributed by atoms with Crippen LogP contribution in [0.2, 0.25) is 0 Å². The van der Waals surface area contributed by atoms with Crippen molar-refractivity contribution in [2.75, 3.05) is 0 Å². The summed E-state index contributed by atoms with van der Waals surface area (Å²) in [6.45, 7) is 0. The van der Waals surface area contributed by atoms with Gasteiger partial charge in [0.05, 0.1) is 0 Å². The molecule has 4 rings (SSSR count). The highest BCUT2D eigenvalue weighted by atomic mass is 35.5. The maximum absolute atomic E-state index is 6.22. The Kier molecular flexibility index (Phi) is 0.448. The Morgan fingerprint density at radius 3 is 1.50 bits per heavy atom. The van der Waals surface area contributed by atoms with E-state index in [1.165, 1.54) is 19.3 Å². The second-order valence-electron chi connectivity index (χ2n) is 3.75. The second-order valence-corrected chi connectivity index (χ2v) is 4.56. The van der Waals surface area contributed by atoms with E-state index in [9.17, 15) is 0 Å². The molecule has 0 spiro atoms. The number of hydrogen-bond donors (Lipinski definition) is 0. The molecule has 4 bridgehead atoms. The Bertz CT molecular complexity index is 120. The van der Waals surface area contributed by atoms with Gasteiger partial charge in [-0.3, -0.25) is 0 Å². The lowest BCUT2D eigenvalue weighted by atomic mass is 10.1. The van der Waals surface area contributed by atoms with Gasteiger partial charge >= 0.3 is 0 Å². The van der Waals surface area contributed by atoms with Crippen molar-refractivity contribution < 1.29 is 0 Å². The van der Waals surface area contributed by atoms with Gasteiger partial charge in [-0.1, -0.05) is 0 Å². The van der Waals surface area contributed by atoms with Crippen molar-refractivity contribution in [1.82, 2.24) is 0 Å². The molecule has 4 aliphatic rings. The molecule has 0 aromatic heterocycles. The highest BCUT2D eigenvalue weighted by Gasteiger charge is 2.69. The fraction of sp³-hybridized carbons (Fsp3) is 1.00. The molecule has 0 nitrogen and oxygen atoms in total. The molecule has 0 saturated heterocycles. The zero-order valence-corrected chi connectivity index (χ0v) is 5.49. The predicted octanol–water partition coefficient (Wildman–Crippen LogP) is 2.02. The monoisotopic (exact) mass is 128 g/mol. The lowest BCUT2D eigenvalue weighted by Crippen LogP contribution is -2.08. The second kappa shape index (κ2) is 0.862. The summed E-state index contributed by atoms with van der Waals surface area (Å²) in [5.74, 6) is 3.27. The third-order valence-corrected chi connectivity index (χ3v) is 3.78. The maximum Gasteiger partial charge on any atom is 0.0455 e. The van der Waals surface area contributed by atoms with Gasteiger partial charge < -0.3 is 0 Å². The molecule has 44 valence electrons. The quantitative estimate of drug-likeness (QED) is 0.438. The number of halogens is 1. The van der Waals surface area contributed by atoms with Gasteiger partial charge in [-0.05, 0) is 37.0 Å². The summed E-state index contributed by atoms with van der Waals surface area (Å²) >= 11 is 6.22. The van der Waals surface area contributed by atoms with Gasteiger partial charge in [0.2, 0.25) is 0 Å². The summed E-state index contributed by atoms with van der Waals surface area (Å²) in [6, 6.07) is 0. The van der Waals surface area contributed by atoms with Crippen molar-refractivity contribution in [3.63, 3.8) is 0 Å². The molecule has 8 heavy (non-hydrogen) atoms. The van der Waals surface area contributed by atoms with E-state index in [0.29, 0.717) is 4.87 Å². The third-order valence-electron chi connectivity index (χ3n) is 3.31. The van der Waals surface area contributed by atoms with E-state index in [-0.39, 0.29) is 0 Å². The summed E-state index contributed by atoms with van der Waals surface area (Å²) in [7, 11) is 0. The Labute approximate surface area is 54.2 Å². The van der Waals surface area contributed by atoms with Crippen molar-refractivity contribution in [3.05, 3.63) is 0 Å². The Balaban J connectivity index is 2.13. The lowest BCUT2D eigenvalue weighted by Gasteiger charge is -2.10. The average Bonchev–Trinajstić information content (AvgIpc) is 2.22. The van der Waals surface area contributed by atoms with Crippen molar-refractivity contribution in [2.45, 2.75) is 24.1 Å². The van der Waals surface area contributed by atoms with Crippen molar-refractivity contribution >= 4 is 11.6 Å². The standard InChI is InChI=1S/C7H9Cl/c8-7-1-4-5(2-7)6(4)3-7/h4-6H,1-3H2. The number of rotatable bonds is 0. The molecule has 4 saturated carbocycles. The third kappa shape index (κ3) is 0.275. The van der Waals surface area contributed by atoms with Crippen LogP contribution in [0.15, 0.2) is 0 Å². The summed E-state index contributed by atoms with van der Waals surface area (Å²) in [5, 5.41) is 0. The predicted molar refractivity (Wildman–Crippen MR) is 32.9 cm³/mol. The van der Waals surface area contributed by atoms with Crippen LogP contribution in [0.5, 0.6) is 0 Å². The zero-order chi connectivity index (χ0) is 5.35. The van der Waals surface area contributed by atoms with Gasteiger partial charge in [0.1, 0.15) is 0 Å². The average molecular weight is 129 g/mol. The number of alkyl halides is 1. The minimum absolute atomic E-state index is 0.319. The molecule has 0 atom stereocenters. The molecular formula is C7H9Cl. The fourth-order valence-corrected chi connectivity index (χ4v) is 3.48. The minimum Gasteiger partial charge on any atom is -0.119 e. The maximum atomic E-state index is 6.22. The Hall–Kier alpha value is 0.290. The van der Waals surface area contributed by atoms with Gasteiger partial charge in [-0.15, -0.1) is 11.6 Å². The van der Waals surface area contributed by atoms with Crippen LogP contribution in [0.3, 0.4) is 0 Å². The van der Waals surface area contributed by atoms with Crippen LogP contribution in [-0.4, -0.2) is 4.87 Å². The van der Waals surface area contributed by atoms with Crippen LogP contribution in [0, 0.1) is 17.8 Å². The van der Waals surface area contributed by atoms with E-state index in [1.807, 2.05) is 0 Å². The van der Waals surface area contributed by atoms with E-state index in [4.69, 9.17) is 11.6 Å². The molecule has 4 fully saturated rings. The Morgan fingerprint density at radius 1 is 1.00 bits per heavy atom. The van der Waals surface area contributed by atoms with Crippen LogP contribution >= 0.6 is 11.6 Å². The van der Waals surface area contributed by atoms with Gasteiger partial charge in [0, 0.05) is 4.87 Å². The molecular weight excluding hydrogens is 120 g/mol. The fourth-order valence-electron chi connectivity index (χ4n) is 2.95. The van der Waals surface area contributed by atoms with E-state index < -0.39 is 0 Å². The zero-order valence-electron chi connectivity index (χ0n) is 4.73. The molecule has 0 unspecified atom stereocenters. The van der Waals surface area contributed by atoms with E-state index in [0.717, 1.165) is 17.8 Å². The molecule has 0 aliphatic heterocycles. The molecule has 1 heteroatoms. The normalized spacial score (nSPS) is 73.9. The first-order valence-corrected chi connectivity index (χ1v) is 3.85. The molecule has 0 aromatic carbocycles. The molecule has 4 aliphatic carbocycles.